The summed E-state index contributed by atoms with van der Waals surface area (Å²) < 4.78 is 6.20. The van der Waals surface area contributed by atoms with Crippen molar-refractivity contribution < 1.29 is 4.52 Å². The van der Waals surface area contributed by atoms with E-state index in [0.29, 0.717) is 17.6 Å². The fourth-order valence-electron chi connectivity index (χ4n) is 1.74. The Labute approximate surface area is 115 Å². The van der Waals surface area contributed by atoms with Crippen molar-refractivity contribution in [3.05, 3.63) is 34.6 Å². The Morgan fingerprint density at radius 2 is 2.17 bits per heavy atom. The summed E-state index contributed by atoms with van der Waals surface area (Å²) in [5.41, 5.74) is 6.92. The van der Waals surface area contributed by atoms with Gasteiger partial charge in [-0.2, -0.15) is 4.98 Å². The van der Waals surface area contributed by atoms with E-state index in [4.69, 9.17) is 10.3 Å². The van der Waals surface area contributed by atoms with E-state index in [-0.39, 0.29) is 6.04 Å². The van der Waals surface area contributed by atoms with Gasteiger partial charge in [-0.3, -0.25) is 0 Å². The number of halogens is 1. The maximum Gasteiger partial charge on any atom is 0.243 e. The van der Waals surface area contributed by atoms with E-state index in [1.807, 2.05) is 24.3 Å². The monoisotopic (exact) mass is 309 g/mol. The molecule has 0 aliphatic carbocycles. The average molecular weight is 310 g/mol. The molecule has 0 fully saturated rings. The summed E-state index contributed by atoms with van der Waals surface area (Å²) in [6.07, 6.45) is 0.833. The molecule has 0 aliphatic heterocycles. The second kappa shape index (κ2) is 5.63. The van der Waals surface area contributed by atoms with Gasteiger partial charge in [-0.1, -0.05) is 47.1 Å². The minimum atomic E-state index is -0.196. The van der Waals surface area contributed by atoms with Crippen molar-refractivity contribution >= 4 is 15.9 Å². The van der Waals surface area contributed by atoms with Crippen LogP contribution in [-0.2, 0) is 0 Å². The van der Waals surface area contributed by atoms with Gasteiger partial charge in [0.1, 0.15) is 0 Å². The molecule has 0 unspecified atom stereocenters. The molecule has 0 saturated carbocycles. The lowest BCUT2D eigenvalue weighted by Crippen LogP contribution is -2.13. The predicted octanol–water partition coefficient (Wildman–Crippen LogP) is 3.55. The Morgan fingerprint density at radius 1 is 1.39 bits per heavy atom. The van der Waals surface area contributed by atoms with Crippen molar-refractivity contribution in [2.45, 2.75) is 26.3 Å². The van der Waals surface area contributed by atoms with Gasteiger partial charge in [-0.15, -0.1) is 0 Å². The van der Waals surface area contributed by atoms with Gasteiger partial charge in [-0.25, -0.2) is 0 Å². The van der Waals surface area contributed by atoms with Crippen LogP contribution in [0.5, 0.6) is 0 Å². The fourth-order valence-corrected chi connectivity index (χ4v) is 2.14. The molecule has 0 aliphatic rings. The quantitative estimate of drug-likeness (QED) is 0.938. The van der Waals surface area contributed by atoms with E-state index in [2.05, 4.69) is 39.9 Å². The number of nitrogens with two attached hydrogens (primary N) is 1. The van der Waals surface area contributed by atoms with Crippen LogP contribution in [0, 0.1) is 5.92 Å². The van der Waals surface area contributed by atoms with Crippen LogP contribution in [0.15, 0.2) is 33.3 Å². The van der Waals surface area contributed by atoms with Crippen molar-refractivity contribution in [3.8, 4) is 11.4 Å². The van der Waals surface area contributed by atoms with E-state index in [1.54, 1.807) is 0 Å². The zero-order valence-electron chi connectivity index (χ0n) is 10.4. The van der Waals surface area contributed by atoms with E-state index in [1.165, 1.54) is 0 Å². The number of hydrogen-bond acceptors (Lipinski definition) is 4. The number of benzene rings is 1. The first-order valence-corrected chi connectivity index (χ1v) is 6.70. The van der Waals surface area contributed by atoms with Crippen LogP contribution >= 0.6 is 15.9 Å². The Balaban J connectivity index is 2.20. The largest absolute Gasteiger partial charge is 0.337 e. The first-order chi connectivity index (χ1) is 8.56. The van der Waals surface area contributed by atoms with Crippen LogP contribution in [0.4, 0.5) is 0 Å². The van der Waals surface area contributed by atoms with Gasteiger partial charge in [0.15, 0.2) is 0 Å². The minimum absolute atomic E-state index is 0.196. The molecule has 1 heterocycles. The zero-order valence-corrected chi connectivity index (χ0v) is 12.0. The molecule has 2 N–H and O–H groups in total. The van der Waals surface area contributed by atoms with Gasteiger partial charge in [0.05, 0.1) is 6.04 Å². The Kier molecular flexibility index (Phi) is 4.14. The number of nitrogens with zero attached hydrogens (tertiary/aromatic N) is 2. The molecule has 96 valence electrons. The van der Waals surface area contributed by atoms with Gasteiger partial charge >= 0.3 is 0 Å². The van der Waals surface area contributed by atoms with E-state index < -0.39 is 0 Å². The van der Waals surface area contributed by atoms with Gasteiger partial charge < -0.3 is 10.3 Å². The summed E-state index contributed by atoms with van der Waals surface area (Å²) in [7, 11) is 0. The second-order valence-electron chi connectivity index (χ2n) is 4.70. The van der Waals surface area contributed by atoms with Crippen molar-refractivity contribution in [1.29, 1.82) is 0 Å². The third kappa shape index (κ3) is 3.17. The van der Waals surface area contributed by atoms with Crippen LogP contribution in [0.3, 0.4) is 0 Å². The molecule has 0 spiro atoms. The molecular weight excluding hydrogens is 294 g/mol. The fraction of sp³-hybridized carbons (Fsp3) is 0.385. The lowest BCUT2D eigenvalue weighted by molar-refractivity contribution is 0.335. The minimum Gasteiger partial charge on any atom is -0.337 e. The summed E-state index contributed by atoms with van der Waals surface area (Å²) in [5.74, 6) is 1.57. The SMILES string of the molecule is CC(C)C[C@@H](N)c1nc(-c2cccc(Br)c2)no1. The Hall–Kier alpha value is -1.20. The average Bonchev–Trinajstić information content (AvgIpc) is 2.77. The predicted molar refractivity (Wildman–Crippen MR) is 73.8 cm³/mol. The summed E-state index contributed by atoms with van der Waals surface area (Å²) >= 11 is 3.42. The van der Waals surface area contributed by atoms with Crippen molar-refractivity contribution in [2.24, 2.45) is 11.7 Å². The smallest absolute Gasteiger partial charge is 0.243 e. The van der Waals surface area contributed by atoms with Crippen LogP contribution < -0.4 is 5.73 Å². The Bertz CT molecular complexity index is 524. The summed E-state index contributed by atoms with van der Waals surface area (Å²) in [4.78, 5) is 4.35. The third-order valence-electron chi connectivity index (χ3n) is 2.57. The van der Waals surface area contributed by atoms with E-state index in [9.17, 15) is 0 Å². The molecule has 18 heavy (non-hydrogen) atoms. The van der Waals surface area contributed by atoms with E-state index >= 15 is 0 Å². The molecule has 4 nitrogen and oxygen atoms in total. The lowest BCUT2D eigenvalue weighted by Gasteiger charge is -2.08. The number of aromatic nitrogens is 2. The highest BCUT2D eigenvalue weighted by atomic mass is 79.9. The number of hydrogen-bond donors (Lipinski definition) is 1. The highest BCUT2D eigenvalue weighted by molar-refractivity contribution is 9.10. The van der Waals surface area contributed by atoms with Crippen molar-refractivity contribution in [1.82, 2.24) is 10.1 Å². The molecule has 0 bridgehead atoms. The van der Waals surface area contributed by atoms with Crippen LogP contribution in [0.1, 0.15) is 32.2 Å². The molecular formula is C13H16BrN3O. The Morgan fingerprint density at radius 3 is 2.83 bits per heavy atom. The molecule has 2 rings (SSSR count). The summed E-state index contributed by atoms with van der Waals surface area (Å²) in [5, 5.41) is 3.97. The molecule has 0 amide bonds. The second-order valence-corrected chi connectivity index (χ2v) is 5.62. The summed E-state index contributed by atoms with van der Waals surface area (Å²) in [6, 6.07) is 7.58. The standard InChI is InChI=1S/C13H16BrN3O/c1-8(2)6-11(15)13-16-12(17-18-13)9-4-3-5-10(14)7-9/h3-5,7-8,11H,6,15H2,1-2H3/t11-/m1/s1. The van der Waals surface area contributed by atoms with E-state index in [0.717, 1.165) is 16.5 Å². The third-order valence-corrected chi connectivity index (χ3v) is 3.06. The molecule has 0 saturated heterocycles. The van der Waals surface area contributed by atoms with Crippen LogP contribution in [0.25, 0.3) is 11.4 Å². The first-order valence-electron chi connectivity index (χ1n) is 5.91. The maximum atomic E-state index is 6.01. The first kappa shape index (κ1) is 13.2. The molecule has 0 radical (unpaired) electrons. The molecule has 5 heteroatoms. The highest BCUT2D eigenvalue weighted by Gasteiger charge is 2.16. The molecule has 2 aromatic rings. The van der Waals surface area contributed by atoms with Gasteiger partial charge in [0.25, 0.3) is 0 Å². The van der Waals surface area contributed by atoms with Crippen LogP contribution in [-0.4, -0.2) is 10.1 Å². The van der Waals surface area contributed by atoms with Crippen molar-refractivity contribution in [3.63, 3.8) is 0 Å². The topological polar surface area (TPSA) is 64.9 Å². The normalized spacial score (nSPS) is 12.9. The van der Waals surface area contributed by atoms with Gasteiger partial charge in [0, 0.05) is 10.0 Å². The molecule has 1 aromatic carbocycles. The maximum absolute atomic E-state index is 6.01. The number of rotatable bonds is 4. The van der Waals surface area contributed by atoms with Gasteiger partial charge in [0.2, 0.25) is 11.7 Å². The summed E-state index contributed by atoms with van der Waals surface area (Å²) in [6.45, 7) is 4.23. The lowest BCUT2D eigenvalue weighted by atomic mass is 10.0. The molecule has 1 atom stereocenters. The highest BCUT2D eigenvalue weighted by Crippen LogP contribution is 2.23. The van der Waals surface area contributed by atoms with Crippen LogP contribution in [0.2, 0.25) is 0 Å². The zero-order chi connectivity index (χ0) is 13.1. The van der Waals surface area contributed by atoms with Gasteiger partial charge in [-0.05, 0) is 24.5 Å². The molecule has 1 aromatic heterocycles. The van der Waals surface area contributed by atoms with Crippen molar-refractivity contribution in [2.75, 3.05) is 0 Å².